The highest BCUT2D eigenvalue weighted by Crippen LogP contribution is 2.10. The lowest BCUT2D eigenvalue weighted by Gasteiger charge is -2.10. The molecule has 0 amide bonds. The van der Waals surface area contributed by atoms with Gasteiger partial charge in [0.25, 0.3) is 5.56 Å². The van der Waals surface area contributed by atoms with Crippen LogP contribution in [0.2, 0.25) is 0 Å². The molecule has 0 unspecified atom stereocenters. The van der Waals surface area contributed by atoms with Crippen molar-refractivity contribution in [2.24, 2.45) is 5.92 Å². The number of aromatic nitrogens is 2. The fourth-order valence-corrected chi connectivity index (χ4v) is 1.91. The first-order valence-electron chi connectivity index (χ1n) is 6.63. The Morgan fingerprint density at radius 3 is 2.65 bits per heavy atom. The molecule has 0 saturated carbocycles. The van der Waals surface area contributed by atoms with Crippen LogP contribution >= 0.6 is 0 Å². The Balaban J connectivity index is 2.10. The van der Waals surface area contributed by atoms with E-state index in [1.807, 2.05) is 0 Å². The van der Waals surface area contributed by atoms with Gasteiger partial charge in [-0.3, -0.25) is 4.79 Å². The van der Waals surface area contributed by atoms with Crippen molar-refractivity contribution < 1.29 is 5.11 Å². The number of rotatable bonds is 5. The van der Waals surface area contributed by atoms with Crippen LogP contribution in [0.25, 0.3) is 0 Å². The second-order valence-electron chi connectivity index (χ2n) is 5.15. The van der Waals surface area contributed by atoms with Crippen LogP contribution in [-0.4, -0.2) is 14.7 Å². The summed E-state index contributed by atoms with van der Waals surface area (Å²) >= 11 is 0. The minimum absolute atomic E-state index is 0.111. The third-order valence-electron chi connectivity index (χ3n) is 2.87. The van der Waals surface area contributed by atoms with E-state index in [2.05, 4.69) is 24.1 Å². The van der Waals surface area contributed by atoms with Crippen LogP contribution in [0.5, 0.6) is 5.75 Å². The number of anilines is 1. The molecule has 2 rings (SSSR count). The zero-order chi connectivity index (χ0) is 14.5. The van der Waals surface area contributed by atoms with E-state index in [1.54, 1.807) is 41.2 Å². The van der Waals surface area contributed by atoms with E-state index in [0.29, 0.717) is 24.8 Å². The van der Waals surface area contributed by atoms with Gasteiger partial charge in [-0.1, -0.05) is 26.0 Å². The van der Waals surface area contributed by atoms with Crippen molar-refractivity contribution in [3.63, 3.8) is 0 Å². The van der Waals surface area contributed by atoms with Gasteiger partial charge in [-0.15, -0.1) is 0 Å². The van der Waals surface area contributed by atoms with Gasteiger partial charge in [-0.2, -0.15) is 0 Å². The molecule has 2 N–H and O–H groups in total. The molecule has 1 heterocycles. The van der Waals surface area contributed by atoms with Gasteiger partial charge in [-0.05, 0) is 23.6 Å². The summed E-state index contributed by atoms with van der Waals surface area (Å²) in [5, 5.41) is 12.3. The molecule has 0 spiro atoms. The van der Waals surface area contributed by atoms with E-state index in [-0.39, 0.29) is 11.3 Å². The molecule has 1 aromatic carbocycles. The van der Waals surface area contributed by atoms with Crippen molar-refractivity contribution in [3.05, 3.63) is 52.6 Å². The minimum atomic E-state index is -0.111. The van der Waals surface area contributed by atoms with Gasteiger partial charge in [-0.25, -0.2) is 4.98 Å². The van der Waals surface area contributed by atoms with Gasteiger partial charge in [0, 0.05) is 25.5 Å². The zero-order valence-corrected chi connectivity index (χ0v) is 11.7. The zero-order valence-electron chi connectivity index (χ0n) is 11.7. The first-order chi connectivity index (χ1) is 9.56. The van der Waals surface area contributed by atoms with E-state index >= 15 is 0 Å². The average molecular weight is 273 g/mol. The van der Waals surface area contributed by atoms with Gasteiger partial charge in [0.05, 0.1) is 0 Å². The maximum Gasteiger partial charge on any atom is 0.293 e. The number of nitrogens with one attached hydrogen (secondary N) is 1. The predicted octanol–water partition coefficient (Wildman–Crippen LogP) is 2.22. The lowest BCUT2D eigenvalue weighted by Crippen LogP contribution is -2.25. The molecule has 1 aromatic heterocycles. The molecule has 0 saturated heterocycles. The number of phenols is 1. The maximum absolute atomic E-state index is 12.2. The fourth-order valence-electron chi connectivity index (χ4n) is 1.91. The third-order valence-corrected chi connectivity index (χ3v) is 2.87. The number of aromatic hydroxyl groups is 1. The van der Waals surface area contributed by atoms with Crippen molar-refractivity contribution in [3.8, 4) is 5.75 Å². The van der Waals surface area contributed by atoms with E-state index in [1.165, 1.54) is 0 Å². The molecular weight excluding hydrogens is 254 g/mol. The predicted molar refractivity (Wildman–Crippen MR) is 78.8 cm³/mol. The molecule has 0 fully saturated rings. The van der Waals surface area contributed by atoms with Crippen LogP contribution in [0.4, 0.5) is 5.82 Å². The maximum atomic E-state index is 12.2. The molecule has 5 heteroatoms. The highest BCUT2D eigenvalue weighted by Gasteiger charge is 2.05. The molecule has 2 aromatic rings. The molecule has 0 aliphatic rings. The van der Waals surface area contributed by atoms with Crippen molar-refractivity contribution >= 4 is 5.82 Å². The Labute approximate surface area is 117 Å². The summed E-state index contributed by atoms with van der Waals surface area (Å²) in [6, 6.07) is 6.84. The number of benzene rings is 1. The summed E-state index contributed by atoms with van der Waals surface area (Å²) in [7, 11) is 0. The molecule has 0 bridgehead atoms. The van der Waals surface area contributed by atoms with Crippen LogP contribution < -0.4 is 10.9 Å². The molecule has 0 atom stereocenters. The van der Waals surface area contributed by atoms with Crippen molar-refractivity contribution in [1.29, 1.82) is 0 Å². The number of hydrogen-bond donors (Lipinski definition) is 2. The highest BCUT2D eigenvalue weighted by atomic mass is 16.3. The Morgan fingerprint density at radius 1 is 1.30 bits per heavy atom. The van der Waals surface area contributed by atoms with Crippen LogP contribution in [0, 0.1) is 5.92 Å². The fraction of sp³-hybridized carbons (Fsp3) is 0.333. The van der Waals surface area contributed by atoms with E-state index < -0.39 is 0 Å². The number of hydrogen-bond acceptors (Lipinski definition) is 4. The number of nitrogens with zero attached hydrogens (tertiary/aromatic N) is 2. The van der Waals surface area contributed by atoms with E-state index in [0.717, 1.165) is 5.56 Å². The van der Waals surface area contributed by atoms with Crippen molar-refractivity contribution in [1.82, 2.24) is 9.55 Å². The Kier molecular flexibility index (Phi) is 4.40. The van der Waals surface area contributed by atoms with Crippen molar-refractivity contribution in [2.75, 3.05) is 5.32 Å². The van der Waals surface area contributed by atoms with Crippen LogP contribution in [0.1, 0.15) is 19.4 Å². The molecule has 106 valence electrons. The lowest BCUT2D eigenvalue weighted by atomic mass is 10.2. The van der Waals surface area contributed by atoms with Gasteiger partial charge in [0.2, 0.25) is 0 Å². The van der Waals surface area contributed by atoms with Gasteiger partial charge in [0.1, 0.15) is 5.75 Å². The van der Waals surface area contributed by atoms with E-state index in [9.17, 15) is 9.90 Å². The molecule has 0 aliphatic heterocycles. The van der Waals surface area contributed by atoms with Crippen molar-refractivity contribution in [2.45, 2.75) is 26.9 Å². The smallest absolute Gasteiger partial charge is 0.293 e. The number of phenolic OH excluding ortho intramolecular Hbond substituents is 1. The molecule has 20 heavy (non-hydrogen) atoms. The summed E-state index contributed by atoms with van der Waals surface area (Å²) in [4.78, 5) is 16.3. The standard InChI is InChI=1S/C15H19N3O2/c1-11(2)10-18-8-7-16-14(15(18)20)17-9-12-3-5-13(19)6-4-12/h3-8,11,19H,9-10H2,1-2H3,(H,16,17). The largest absolute Gasteiger partial charge is 0.508 e. The Hall–Kier alpha value is -2.30. The monoisotopic (exact) mass is 273 g/mol. The minimum Gasteiger partial charge on any atom is -0.508 e. The first-order valence-corrected chi connectivity index (χ1v) is 6.63. The summed E-state index contributed by atoms with van der Waals surface area (Å²) in [6.45, 7) is 5.30. The summed E-state index contributed by atoms with van der Waals surface area (Å²) in [5.41, 5.74) is 0.864. The highest BCUT2D eigenvalue weighted by molar-refractivity contribution is 5.34. The van der Waals surface area contributed by atoms with Gasteiger partial charge < -0.3 is 15.0 Å². The SMILES string of the molecule is CC(C)Cn1ccnc(NCc2ccc(O)cc2)c1=O. The molecule has 0 aliphatic carbocycles. The van der Waals surface area contributed by atoms with E-state index in [4.69, 9.17) is 0 Å². The second-order valence-corrected chi connectivity index (χ2v) is 5.15. The topological polar surface area (TPSA) is 67.2 Å². The van der Waals surface area contributed by atoms with Gasteiger partial charge >= 0.3 is 0 Å². The van der Waals surface area contributed by atoms with Crippen LogP contribution in [0.15, 0.2) is 41.5 Å². The molecule has 5 nitrogen and oxygen atoms in total. The second kappa shape index (κ2) is 6.23. The quantitative estimate of drug-likeness (QED) is 0.876. The average Bonchev–Trinajstić information content (AvgIpc) is 2.41. The summed E-state index contributed by atoms with van der Waals surface area (Å²) in [5.74, 6) is 0.979. The van der Waals surface area contributed by atoms with Crippen LogP contribution in [0.3, 0.4) is 0 Å². The van der Waals surface area contributed by atoms with Crippen LogP contribution in [-0.2, 0) is 13.1 Å². The Morgan fingerprint density at radius 2 is 2.00 bits per heavy atom. The molecule has 0 radical (unpaired) electrons. The first kappa shape index (κ1) is 14.1. The van der Waals surface area contributed by atoms with Gasteiger partial charge in [0.15, 0.2) is 5.82 Å². The lowest BCUT2D eigenvalue weighted by molar-refractivity contribution is 0.475. The summed E-state index contributed by atoms with van der Waals surface area (Å²) in [6.07, 6.45) is 3.33. The third kappa shape index (κ3) is 3.60. The normalized spacial score (nSPS) is 10.8. The Bertz CT molecular complexity index is 618. The summed E-state index contributed by atoms with van der Waals surface area (Å²) < 4.78 is 1.66. The molecular formula is C15H19N3O2.